The number of halogens is 2. The summed E-state index contributed by atoms with van der Waals surface area (Å²) in [6, 6.07) is 20.1. The fourth-order valence-electron chi connectivity index (χ4n) is 4.23. The molecule has 0 saturated carbocycles. The van der Waals surface area contributed by atoms with E-state index in [0.717, 1.165) is 56.8 Å². The molecule has 186 valence electrons. The fraction of sp³-hybridized carbons (Fsp3) is 0.103. The smallest absolute Gasteiger partial charge is 0.411 e. The summed E-state index contributed by atoms with van der Waals surface area (Å²) >= 11 is 0. The zero-order chi connectivity index (χ0) is 26.1. The van der Waals surface area contributed by atoms with Gasteiger partial charge in [0.2, 0.25) is 0 Å². The summed E-state index contributed by atoms with van der Waals surface area (Å²) in [5.41, 5.74) is 12.9. The number of pyridine rings is 1. The quantitative estimate of drug-likeness (QED) is 0.174. The highest BCUT2D eigenvalue weighted by atomic mass is 19.1. The van der Waals surface area contributed by atoms with Gasteiger partial charge in [0.25, 0.3) is 0 Å². The molecule has 8 heteroatoms. The molecule has 37 heavy (non-hydrogen) atoms. The number of anilines is 4. The molecule has 4 aromatic carbocycles. The van der Waals surface area contributed by atoms with Gasteiger partial charge in [0.05, 0.1) is 16.7 Å². The van der Waals surface area contributed by atoms with Crippen LogP contribution in [-0.4, -0.2) is 11.1 Å². The van der Waals surface area contributed by atoms with Crippen LogP contribution in [0.25, 0.3) is 21.8 Å². The van der Waals surface area contributed by atoms with Crippen LogP contribution < -0.4 is 16.4 Å². The van der Waals surface area contributed by atoms with Crippen LogP contribution in [0.15, 0.2) is 72.8 Å². The zero-order valence-corrected chi connectivity index (χ0v) is 20.2. The maximum atomic E-state index is 13.4. The lowest BCUT2D eigenvalue weighted by molar-refractivity contribution is 0.155. The molecule has 5 rings (SSSR count). The Kier molecular flexibility index (Phi) is 6.31. The van der Waals surface area contributed by atoms with Crippen LogP contribution in [0, 0.1) is 25.5 Å². The lowest BCUT2D eigenvalue weighted by Crippen LogP contribution is -2.14. The van der Waals surface area contributed by atoms with Gasteiger partial charge < -0.3 is 15.8 Å². The minimum absolute atomic E-state index is 0.0422. The van der Waals surface area contributed by atoms with E-state index in [0.29, 0.717) is 16.9 Å². The van der Waals surface area contributed by atoms with Crippen molar-refractivity contribution in [3.8, 4) is 0 Å². The summed E-state index contributed by atoms with van der Waals surface area (Å²) in [6.07, 6.45) is -0.848. The highest BCUT2D eigenvalue weighted by Gasteiger charge is 2.13. The van der Waals surface area contributed by atoms with Crippen molar-refractivity contribution in [2.24, 2.45) is 0 Å². The largest absolute Gasteiger partial charge is 0.444 e. The molecular formula is C29H24F2N4O2. The van der Waals surface area contributed by atoms with Gasteiger partial charge in [-0.3, -0.25) is 5.32 Å². The Morgan fingerprint density at radius 3 is 2.38 bits per heavy atom. The van der Waals surface area contributed by atoms with E-state index in [1.165, 1.54) is 0 Å². The van der Waals surface area contributed by atoms with E-state index >= 15 is 0 Å². The molecule has 0 aliphatic carbocycles. The predicted octanol–water partition coefficient (Wildman–Crippen LogP) is 7.36. The van der Waals surface area contributed by atoms with Gasteiger partial charge in [0.1, 0.15) is 18.2 Å². The number of rotatable bonds is 5. The number of hydrogen-bond donors (Lipinski definition) is 3. The van der Waals surface area contributed by atoms with Crippen LogP contribution in [0.1, 0.15) is 16.7 Å². The summed E-state index contributed by atoms with van der Waals surface area (Å²) in [6.45, 7) is 4.02. The first-order valence-corrected chi connectivity index (χ1v) is 11.6. The lowest BCUT2D eigenvalue weighted by atomic mass is 10.0. The highest BCUT2D eigenvalue weighted by molar-refractivity contribution is 6.09. The first-order chi connectivity index (χ1) is 17.7. The van der Waals surface area contributed by atoms with Gasteiger partial charge >= 0.3 is 6.09 Å². The minimum atomic E-state index is -0.848. The van der Waals surface area contributed by atoms with Crippen LogP contribution in [-0.2, 0) is 11.3 Å². The average Bonchev–Trinajstić information content (AvgIpc) is 2.83. The third-order valence-corrected chi connectivity index (χ3v) is 6.06. The van der Waals surface area contributed by atoms with E-state index in [4.69, 9.17) is 15.5 Å². The molecule has 0 saturated heterocycles. The molecule has 0 aliphatic rings. The third-order valence-electron chi connectivity index (χ3n) is 6.06. The van der Waals surface area contributed by atoms with Gasteiger partial charge in [0.15, 0.2) is 0 Å². The van der Waals surface area contributed by atoms with Crippen LogP contribution in [0.3, 0.4) is 0 Å². The first-order valence-electron chi connectivity index (χ1n) is 11.6. The molecule has 0 bridgehead atoms. The molecule has 0 spiro atoms. The molecule has 1 aromatic heterocycles. The van der Waals surface area contributed by atoms with Crippen LogP contribution in [0.5, 0.6) is 0 Å². The predicted molar refractivity (Wildman–Crippen MR) is 143 cm³/mol. The minimum Gasteiger partial charge on any atom is -0.444 e. The maximum absolute atomic E-state index is 13.4. The normalized spacial score (nSPS) is 11.0. The fourth-order valence-corrected chi connectivity index (χ4v) is 4.23. The third kappa shape index (κ3) is 5.28. The number of aromatic nitrogens is 1. The Bertz CT molecular complexity index is 1650. The SMILES string of the molecule is Cc1cc2nc3ccccc3c(Nc3cc(N)cc(COC(=O)Nc4cc(F)cc(F)c4)c3)c2cc1C. The van der Waals surface area contributed by atoms with Gasteiger partial charge in [-0.25, -0.2) is 18.6 Å². The van der Waals surface area contributed by atoms with Crippen molar-refractivity contribution < 1.29 is 18.3 Å². The number of carbonyl (C=O) groups excluding carboxylic acids is 1. The molecule has 1 amide bonds. The van der Waals surface area contributed by atoms with Crippen molar-refractivity contribution in [1.29, 1.82) is 0 Å². The molecular weight excluding hydrogens is 474 g/mol. The second-order valence-corrected chi connectivity index (χ2v) is 8.91. The Morgan fingerprint density at radius 2 is 1.59 bits per heavy atom. The molecule has 0 unspecified atom stereocenters. The molecule has 0 radical (unpaired) electrons. The number of para-hydroxylation sites is 1. The van der Waals surface area contributed by atoms with E-state index < -0.39 is 17.7 Å². The van der Waals surface area contributed by atoms with Crippen LogP contribution in [0.2, 0.25) is 0 Å². The van der Waals surface area contributed by atoms with E-state index in [9.17, 15) is 13.6 Å². The lowest BCUT2D eigenvalue weighted by Gasteiger charge is -2.16. The number of aryl methyl sites for hydroxylation is 2. The number of benzene rings is 4. The number of carbonyl (C=O) groups is 1. The first kappa shape index (κ1) is 24.0. The summed E-state index contributed by atoms with van der Waals surface area (Å²) in [5, 5.41) is 7.75. The van der Waals surface area contributed by atoms with E-state index in [1.54, 1.807) is 12.1 Å². The molecule has 0 fully saturated rings. The number of nitrogen functional groups attached to an aromatic ring is 1. The van der Waals surface area contributed by atoms with E-state index in [2.05, 4.69) is 36.6 Å². The van der Waals surface area contributed by atoms with Crippen molar-refractivity contribution in [3.05, 3.63) is 101 Å². The molecule has 5 aromatic rings. The highest BCUT2D eigenvalue weighted by Crippen LogP contribution is 2.35. The van der Waals surface area contributed by atoms with Crippen molar-refractivity contribution in [2.45, 2.75) is 20.5 Å². The summed E-state index contributed by atoms with van der Waals surface area (Å²) in [5.74, 6) is -1.60. The Labute approximate surface area is 212 Å². The number of hydrogen-bond acceptors (Lipinski definition) is 5. The van der Waals surface area contributed by atoms with Gasteiger partial charge in [-0.1, -0.05) is 18.2 Å². The maximum Gasteiger partial charge on any atom is 0.411 e. The Hall–Kier alpha value is -4.72. The zero-order valence-electron chi connectivity index (χ0n) is 20.2. The Morgan fingerprint density at radius 1 is 0.865 bits per heavy atom. The standard InChI is InChI=1S/C29H24F2N4O2/c1-16-7-25-27(8-17(16)2)35-26-6-4-3-5-24(26)28(25)33-22-10-18(9-21(32)14-22)15-37-29(36)34-23-12-19(30)11-20(31)13-23/h3-14H,15,32H2,1-2H3,(H,33,35)(H,34,36). The van der Waals surface area contributed by atoms with Crippen molar-refractivity contribution in [2.75, 3.05) is 16.4 Å². The number of nitrogens with two attached hydrogens (primary N) is 1. The molecule has 0 atom stereocenters. The van der Waals surface area contributed by atoms with Crippen molar-refractivity contribution in [3.63, 3.8) is 0 Å². The van der Waals surface area contributed by atoms with Gasteiger partial charge in [-0.15, -0.1) is 0 Å². The number of amides is 1. The van der Waals surface area contributed by atoms with Crippen LogP contribution >= 0.6 is 0 Å². The second kappa shape index (κ2) is 9.73. The van der Waals surface area contributed by atoms with Gasteiger partial charge in [0, 0.05) is 33.9 Å². The van der Waals surface area contributed by atoms with Crippen LogP contribution in [0.4, 0.5) is 36.3 Å². The van der Waals surface area contributed by atoms with Crippen molar-refractivity contribution in [1.82, 2.24) is 4.98 Å². The Balaban J connectivity index is 1.42. The molecule has 6 nitrogen and oxygen atoms in total. The average molecular weight is 499 g/mol. The number of fused-ring (bicyclic) bond motifs is 2. The number of nitrogens with zero attached hydrogens (tertiary/aromatic N) is 1. The molecule has 1 heterocycles. The molecule has 4 N–H and O–H groups in total. The number of nitrogens with one attached hydrogen (secondary N) is 2. The van der Waals surface area contributed by atoms with Gasteiger partial charge in [-0.05, 0) is 79.1 Å². The summed E-state index contributed by atoms with van der Waals surface area (Å²) in [7, 11) is 0. The summed E-state index contributed by atoms with van der Waals surface area (Å²) < 4.78 is 32.0. The van der Waals surface area contributed by atoms with Gasteiger partial charge in [-0.2, -0.15) is 0 Å². The summed E-state index contributed by atoms with van der Waals surface area (Å²) in [4.78, 5) is 17.0. The van der Waals surface area contributed by atoms with Crippen molar-refractivity contribution >= 4 is 50.6 Å². The topological polar surface area (TPSA) is 89.3 Å². The van der Waals surface area contributed by atoms with E-state index in [1.807, 2.05) is 30.3 Å². The monoisotopic (exact) mass is 498 g/mol. The number of ether oxygens (including phenoxy) is 1. The molecule has 0 aliphatic heterocycles. The second-order valence-electron chi connectivity index (χ2n) is 8.91. The van der Waals surface area contributed by atoms with E-state index in [-0.39, 0.29) is 12.3 Å².